The Morgan fingerprint density at radius 3 is 2.35 bits per heavy atom. The third-order valence-corrected chi connectivity index (χ3v) is 8.18. The van der Waals surface area contributed by atoms with Crippen LogP contribution in [0.15, 0.2) is 42.5 Å². The van der Waals surface area contributed by atoms with Crippen molar-refractivity contribution in [3.05, 3.63) is 63.6 Å². The minimum atomic E-state index is -0.721. The molecule has 2 aliphatic rings. The second kappa shape index (κ2) is 11.8. The van der Waals surface area contributed by atoms with Crippen LogP contribution in [0.25, 0.3) is 0 Å². The SMILES string of the molecule is Cc1c(OC2CCN(CC3CCN([C@H](Cc4ccccc4)C(=O)O)CC3)CC2)ccc(Cl)c1Cl. The summed E-state index contributed by atoms with van der Waals surface area (Å²) in [5.41, 5.74) is 1.98. The smallest absolute Gasteiger partial charge is 0.321 e. The van der Waals surface area contributed by atoms with Crippen LogP contribution in [0.4, 0.5) is 0 Å². The summed E-state index contributed by atoms with van der Waals surface area (Å²) in [7, 11) is 0. The molecule has 2 fully saturated rings. The normalized spacial score (nSPS) is 19.7. The largest absolute Gasteiger partial charge is 0.490 e. The zero-order valence-corrected chi connectivity index (χ0v) is 21.3. The van der Waals surface area contributed by atoms with Gasteiger partial charge in [-0.3, -0.25) is 9.69 Å². The quantitative estimate of drug-likeness (QED) is 0.510. The van der Waals surface area contributed by atoms with Gasteiger partial charge >= 0.3 is 5.97 Å². The standard InChI is InChI=1S/C27H34Cl2N2O3/c1-19-25(8-7-23(28)26(19)29)34-22-11-13-30(14-12-22)18-21-9-15-31(16-10-21)24(27(32)33)17-20-5-3-2-4-6-20/h2-8,21-22,24H,9-18H2,1H3,(H,32,33)/t24-/m1/s1. The van der Waals surface area contributed by atoms with E-state index in [9.17, 15) is 9.90 Å². The summed E-state index contributed by atoms with van der Waals surface area (Å²) >= 11 is 12.4. The Morgan fingerprint density at radius 2 is 1.71 bits per heavy atom. The molecule has 0 spiro atoms. The Kier molecular flexibility index (Phi) is 8.75. The van der Waals surface area contributed by atoms with Gasteiger partial charge in [-0.1, -0.05) is 53.5 Å². The second-order valence-electron chi connectivity index (χ2n) is 9.63. The van der Waals surface area contributed by atoms with Gasteiger partial charge in [0.15, 0.2) is 0 Å². The van der Waals surface area contributed by atoms with Crippen molar-refractivity contribution >= 4 is 29.2 Å². The van der Waals surface area contributed by atoms with E-state index in [4.69, 9.17) is 27.9 Å². The second-order valence-corrected chi connectivity index (χ2v) is 10.4. The highest BCUT2D eigenvalue weighted by Crippen LogP contribution is 2.33. The van der Waals surface area contributed by atoms with Crippen LogP contribution in [-0.2, 0) is 11.2 Å². The van der Waals surface area contributed by atoms with Gasteiger partial charge in [0.05, 0.1) is 10.0 Å². The van der Waals surface area contributed by atoms with Gasteiger partial charge in [-0.05, 0) is 75.7 Å². The number of carbonyl (C=O) groups is 1. The Balaban J connectivity index is 1.21. The number of carboxylic acids is 1. The van der Waals surface area contributed by atoms with E-state index < -0.39 is 12.0 Å². The summed E-state index contributed by atoms with van der Waals surface area (Å²) in [6, 6.07) is 13.2. The van der Waals surface area contributed by atoms with Crippen molar-refractivity contribution in [2.45, 2.75) is 51.2 Å². The number of ether oxygens (including phenoxy) is 1. The molecule has 0 aromatic heterocycles. The Morgan fingerprint density at radius 1 is 1.03 bits per heavy atom. The molecule has 0 unspecified atom stereocenters. The van der Waals surface area contributed by atoms with Crippen LogP contribution < -0.4 is 4.74 Å². The van der Waals surface area contributed by atoms with Gasteiger partial charge in [-0.25, -0.2) is 0 Å². The fourth-order valence-corrected chi connectivity index (χ4v) is 5.53. The average Bonchev–Trinajstić information content (AvgIpc) is 2.85. The number of nitrogens with zero attached hydrogens (tertiary/aromatic N) is 2. The van der Waals surface area contributed by atoms with Gasteiger partial charge in [0.2, 0.25) is 0 Å². The van der Waals surface area contributed by atoms with E-state index in [1.54, 1.807) is 6.07 Å². The van der Waals surface area contributed by atoms with Crippen LogP contribution in [-0.4, -0.2) is 65.7 Å². The molecular formula is C27H34Cl2N2O3. The van der Waals surface area contributed by atoms with Gasteiger partial charge in [0, 0.05) is 25.2 Å². The maximum absolute atomic E-state index is 11.9. The van der Waals surface area contributed by atoms with E-state index in [2.05, 4.69) is 9.80 Å². The van der Waals surface area contributed by atoms with E-state index >= 15 is 0 Å². The van der Waals surface area contributed by atoms with Gasteiger partial charge < -0.3 is 14.7 Å². The summed E-state index contributed by atoms with van der Waals surface area (Å²) < 4.78 is 6.24. The lowest BCUT2D eigenvalue weighted by atomic mass is 9.93. The van der Waals surface area contributed by atoms with Crippen LogP contribution in [0.1, 0.15) is 36.8 Å². The van der Waals surface area contributed by atoms with Gasteiger partial charge in [-0.15, -0.1) is 0 Å². The number of hydrogen-bond donors (Lipinski definition) is 1. The molecule has 0 radical (unpaired) electrons. The van der Waals surface area contributed by atoms with Gasteiger partial charge in [0.25, 0.3) is 0 Å². The first-order valence-electron chi connectivity index (χ1n) is 12.2. The fourth-order valence-electron chi connectivity index (χ4n) is 5.17. The number of rotatable bonds is 8. The maximum Gasteiger partial charge on any atom is 0.321 e. The monoisotopic (exact) mass is 504 g/mol. The van der Waals surface area contributed by atoms with E-state index in [-0.39, 0.29) is 6.10 Å². The lowest BCUT2D eigenvalue weighted by Gasteiger charge is -2.39. The highest BCUT2D eigenvalue weighted by atomic mass is 35.5. The maximum atomic E-state index is 11.9. The van der Waals surface area contributed by atoms with Crippen molar-refractivity contribution in [2.75, 3.05) is 32.7 Å². The summed E-state index contributed by atoms with van der Waals surface area (Å²) in [5, 5.41) is 10.9. The van der Waals surface area contributed by atoms with Crippen LogP contribution in [0.5, 0.6) is 5.75 Å². The molecule has 2 aromatic rings. The first-order chi connectivity index (χ1) is 16.4. The average molecular weight is 505 g/mol. The molecule has 1 atom stereocenters. The minimum Gasteiger partial charge on any atom is -0.490 e. The van der Waals surface area contributed by atoms with Crippen molar-refractivity contribution in [3.63, 3.8) is 0 Å². The van der Waals surface area contributed by atoms with E-state index in [1.165, 1.54) is 0 Å². The Hall–Kier alpha value is -1.79. The molecule has 5 nitrogen and oxygen atoms in total. The topological polar surface area (TPSA) is 53.0 Å². The molecule has 0 bridgehead atoms. The fraction of sp³-hybridized carbons (Fsp3) is 0.519. The molecule has 2 heterocycles. The Labute approximate surface area is 212 Å². The summed E-state index contributed by atoms with van der Waals surface area (Å²) in [5.74, 6) is 0.725. The number of piperidine rings is 2. The van der Waals surface area contributed by atoms with E-state index in [0.717, 1.165) is 75.3 Å². The first kappa shape index (κ1) is 25.3. The van der Waals surface area contributed by atoms with Crippen molar-refractivity contribution in [1.82, 2.24) is 9.80 Å². The number of likely N-dealkylation sites (tertiary alicyclic amines) is 2. The first-order valence-corrected chi connectivity index (χ1v) is 13.0. The van der Waals surface area contributed by atoms with E-state index in [1.807, 2.05) is 43.3 Å². The highest BCUT2D eigenvalue weighted by Gasteiger charge is 2.31. The number of benzene rings is 2. The number of aliphatic carboxylic acids is 1. The van der Waals surface area contributed by atoms with Crippen molar-refractivity contribution in [3.8, 4) is 5.75 Å². The third-order valence-electron chi connectivity index (χ3n) is 7.28. The third kappa shape index (κ3) is 6.45. The van der Waals surface area contributed by atoms with Gasteiger partial charge in [-0.2, -0.15) is 0 Å². The molecular weight excluding hydrogens is 471 g/mol. The summed E-state index contributed by atoms with van der Waals surface area (Å²) in [6.07, 6.45) is 4.86. The van der Waals surface area contributed by atoms with Gasteiger partial charge in [0.1, 0.15) is 17.9 Å². The summed E-state index contributed by atoms with van der Waals surface area (Å²) in [6.45, 7) is 6.78. The molecule has 184 valence electrons. The molecule has 4 rings (SSSR count). The molecule has 2 aromatic carbocycles. The molecule has 0 amide bonds. The Bertz CT molecular complexity index is 956. The predicted molar refractivity (Wildman–Crippen MR) is 137 cm³/mol. The molecule has 34 heavy (non-hydrogen) atoms. The van der Waals surface area contributed by atoms with Crippen LogP contribution >= 0.6 is 23.2 Å². The minimum absolute atomic E-state index is 0.198. The van der Waals surface area contributed by atoms with Crippen LogP contribution in [0, 0.1) is 12.8 Å². The molecule has 2 aliphatic heterocycles. The lowest BCUT2D eigenvalue weighted by Crippen LogP contribution is -2.48. The highest BCUT2D eigenvalue weighted by molar-refractivity contribution is 6.42. The predicted octanol–water partition coefficient (Wildman–Crippen LogP) is 5.55. The molecule has 2 saturated heterocycles. The van der Waals surface area contributed by atoms with Crippen LogP contribution in [0.2, 0.25) is 10.0 Å². The number of carboxylic acid groups (broad SMARTS) is 1. The zero-order chi connectivity index (χ0) is 24.1. The van der Waals surface area contributed by atoms with Crippen molar-refractivity contribution < 1.29 is 14.6 Å². The molecule has 0 saturated carbocycles. The van der Waals surface area contributed by atoms with Crippen molar-refractivity contribution in [1.29, 1.82) is 0 Å². The zero-order valence-electron chi connectivity index (χ0n) is 19.8. The van der Waals surface area contributed by atoms with Crippen molar-refractivity contribution in [2.24, 2.45) is 5.92 Å². The number of halogens is 2. The van der Waals surface area contributed by atoms with E-state index in [0.29, 0.717) is 22.4 Å². The number of hydrogen-bond acceptors (Lipinski definition) is 4. The molecule has 1 N–H and O–H groups in total. The molecule has 0 aliphatic carbocycles. The lowest BCUT2D eigenvalue weighted by molar-refractivity contribution is -0.144. The summed E-state index contributed by atoms with van der Waals surface area (Å²) in [4.78, 5) is 16.6. The van der Waals surface area contributed by atoms with Crippen LogP contribution in [0.3, 0.4) is 0 Å². The molecule has 7 heteroatoms.